The van der Waals surface area contributed by atoms with Gasteiger partial charge in [0, 0.05) is 5.56 Å². The molecule has 2 aromatic carbocycles. The maximum atomic E-state index is 5.72. The Morgan fingerprint density at radius 3 is 2.65 bits per heavy atom. The topological polar surface area (TPSA) is 21.6 Å². The zero-order chi connectivity index (χ0) is 13.8. The first-order valence-corrected chi connectivity index (χ1v) is 6.67. The molecule has 3 rings (SSSR count). The molecule has 0 spiro atoms. The van der Waals surface area contributed by atoms with Crippen LogP contribution in [0.2, 0.25) is 0 Å². The zero-order valence-corrected chi connectivity index (χ0v) is 11.1. The van der Waals surface area contributed by atoms with E-state index in [1.165, 1.54) is 5.56 Å². The van der Waals surface area contributed by atoms with Gasteiger partial charge >= 0.3 is 0 Å². The number of terminal acetylenes is 1. The Hall–Kier alpha value is -2.53. The summed E-state index contributed by atoms with van der Waals surface area (Å²) in [4.78, 5) is 4.66. The van der Waals surface area contributed by atoms with E-state index >= 15 is 0 Å². The number of hydrogen-bond donors (Lipinski definition) is 0. The van der Waals surface area contributed by atoms with E-state index in [4.69, 9.17) is 11.2 Å². The van der Waals surface area contributed by atoms with Gasteiger partial charge in [-0.25, -0.2) is 4.99 Å². The van der Waals surface area contributed by atoms with E-state index in [0.717, 1.165) is 17.5 Å². The van der Waals surface area contributed by atoms with Gasteiger partial charge in [-0.15, -0.1) is 6.42 Å². The van der Waals surface area contributed by atoms with Gasteiger partial charge in [-0.2, -0.15) is 0 Å². The number of hydrogen-bond acceptors (Lipinski definition) is 2. The Labute approximate surface area is 119 Å². The summed E-state index contributed by atoms with van der Waals surface area (Å²) in [6.45, 7) is 0.614. The highest BCUT2D eigenvalue weighted by molar-refractivity contribution is 5.97. The molecule has 20 heavy (non-hydrogen) atoms. The molecular formula is C18H15NO. The smallest absolute Gasteiger partial charge is 0.217 e. The second-order valence-corrected chi connectivity index (χ2v) is 4.78. The molecule has 2 aromatic rings. The first-order chi connectivity index (χ1) is 9.86. The lowest BCUT2D eigenvalue weighted by Gasteiger charge is -2.04. The Morgan fingerprint density at radius 1 is 1.10 bits per heavy atom. The minimum Gasteiger partial charge on any atom is -0.475 e. The monoisotopic (exact) mass is 261 g/mol. The fourth-order valence-corrected chi connectivity index (χ4v) is 2.35. The molecule has 1 atom stereocenters. The van der Waals surface area contributed by atoms with Gasteiger partial charge in [-0.05, 0) is 24.1 Å². The van der Waals surface area contributed by atoms with Crippen LogP contribution in [0.5, 0.6) is 0 Å². The van der Waals surface area contributed by atoms with Gasteiger partial charge in [0.2, 0.25) is 5.90 Å². The van der Waals surface area contributed by atoms with Gasteiger partial charge < -0.3 is 4.74 Å². The van der Waals surface area contributed by atoms with Crippen molar-refractivity contribution in [3.05, 3.63) is 71.3 Å². The standard InChI is InChI=1S/C18H15NO/c1-2-15-10-6-7-11-17(15)18-19-16(13-20-18)12-14-8-4-3-5-9-14/h1,3-11,16H,12-13H2/t16-/m0/s1. The molecule has 0 radical (unpaired) electrons. The van der Waals surface area contributed by atoms with Crippen molar-refractivity contribution in [3.8, 4) is 12.3 Å². The fourth-order valence-electron chi connectivity index (χ4n) is 2.35. The summed E-state index contributed by atoms with van der Waals surface area (Å²) in [6, 6.07) is 18.2. The first-order valence-electron chi connectivity index (χ1n) is 6.67. The van der Waals surface area contributed by atoms with Gasteiger partial charge in [0.15, 0.2) is 0 Å². The lowest BCUT2D eigenvalue weighted by atomic mass is 10.1. The number of ether oxygens (including phenoxy) is 1. The Balaban J connectivity index is 1.80. The van der Waals surface area contributed by atoms with Gasteiger partial charge in [0.05, 0.1) is 11.6 Å². The van der Waals surface area contributed by atoms with Crippen molar-refractivity contribution >= 4 is 5.90 Å². The van der Waals surface area contributed by atoms with Crippen molar-refractivity contribution < 1.29 is 4.74 Å². The molecule has 0 N–H and O–H groups in total. The molecule has 0 fully saturated rings. The normalized spacial score (nSPS) is 17.1. The summed E-state index contributed by atoms with van der Waals surface area (Å²) >= 11 is 0. The van der Waals surface area contributed by atoms with Crippen molar-refractivity contribution in [2.24, 2.45) is 4.99 Å². The van der Waals surface area contributed by atoms with Crippen molar-refractivity contribution in [2.75, 3.05) is 6.61 Å². The quantitative estimate of drug-likeness (QED) is 0.778. The molecule has 0 aliphatic carbocycles. The largest absolute Gasteiger partial charge is 0.475 e. The summed E-state index contributed by atoms with van der Waals surface area (Å²) in [5, 5.41) is 0. The lowest BCUT2D eigenvalue weighted by Crippen LogP contribution is -2.09. The second kappa shape index (κ2) is 5.63. The summed E-state index contributed by atoms with van der Waals surface area (Å²) in [5.41, 5.74) is 3.01. The van der Waals surface area contributed by atoms with Crippen LogP contribution in [-0.2, 0) is 11.2 Å². The Morgan fingerprint density at radius 2 is 1.85 bits per heavy atom. The summed E-state index contributed by atoms with van der Waals surface area (Å²) in [6.07, 6.45) is 6.41. The molecule has 0 amide bonds. The van der Waals surface area contributed by atoms with E-state index in [-0.39, 0.29) is 6.04 Å². The first kappa shape index (κ1) is 12.5. The highest BCUT2D eigenvalue weighted by Gasteiger charge is 2.21. The van der Waals surface area contributed by atoms with Crippen molar-refractivity contribution in [3.63, 3.8) is 0 Å². The van der Waals surface area contributed by atoms with Gasteiger partial charge in [0.25, 0.3) is 0 Å². The summed E-state index contributed by atoms with van der Waals surface area (Å²) in [5.74, 6) is 3.34. The molecule has 2 nitrogen and oxygen atoms in total. The predicted molar refractivity (Wildman–Crippen MR) is 80.8 cm³/mol. The molecule has 0 unspecified atom stereocenters. The van der Waals surface area contributed by atoms with Gasteiger partial charge in [-0.1, -0.05) is 48.4 Å². The van der Waals surface area contributed by atoms with Crippen molar-refractivity contribution in [1.82, 2.24) is 0 Å². The maximum absolute atomic E-state index is 5.72. The highest BCUT2D eigenvalue weighted by Crippen LogP contribution is 2.18. The fraction of sp³-hybridized carbons (Fsp3) is 0.167. The van der Waals surface area contributed by atoms with Crippen LogP contribution >= 0.6 is 0 Å². The van der Waals surface area contributed by atoms with Crippen molar-refractivity contribution in [1.29, 1.82) is 0 Å². The number of benzene rings is 2. The third-order valence-electron chi connectivity index (χ3n) is 3.34. The molecule has 0 saturated heterocycles. The highest BCUT2D eigenvalue weighted by atomic mass is 16.5. The summed E-state index contributed by atoms with van der Waals surface area (Å²) in [7, 11) is 0. The zero-order valence-electron chi connectivity index (χ0n) is 11.1. The van der Waals surface area contributed by atoms with Crippen LogP contribution in [0.25, 0.3) is 0 Å². The van der Waals surface area contributed by atoms with E-state index in [1.807, 2.05) is 42.5 Å². The third kappa shape index (κ3) is 2.57. The van der Waals surface area contributed by atoms with Gasteiger partial charge in [-0.3, -0.25) is 0 Å². The molecule has 2 heteroatoms. The van der Waals surface area contributed by atoms with Crippen LogP contribution in [0.4, 0.5) is 0 Å². The van der Waals surface area contributed by atoms with E-state index < -0.39 is 0 Å². The maximum Gasteiger partial charge on any atom is 0.217 e. The van der Waals surface area contributed by atoms with Crippen LogP contribution < -0.4 is 0 Å². The average Bonchev–Trinajstić information content (AvgIpc) is 2.96. The molecule has 0 bridgehead atoms. The minimum atomic E-state index is 0.165. The van der Waals surface area contributed by atoms with E-state index in [2.05, 4.69) is 23.0 Å². The molecule has 1 aliphatic heterocycles. The molecule has 1 aliphatic rings. The van der Waals surface area contributed by atoms with E-state index in [0.29, 0.717) is 12.5 Å². The Kier molecular flexibility index (Phi) is 3.52. The molecule has 98 valence electrons. The van der Waals surface area contributed by atoms with Crippen LogP contribution in [0.3, 0.4) is 0 Å². The number of aliphatic imine (C=N–C) groups is 1. The Bertz CT molecular complexity index is 667. The third-order valence-corrected chi connectivity index (χ3v) is 3.34. The van der Waals surface area contributed by atoms with Crippen LogP contribution in [0.1, 0.15) is 16.7 Å². The van der Waals surface area contributed by atoms with Crippen molar-refractivity contribution in [2.45, 2.75) is 12.5 Å². The molecular weight excluding hydrogens is 246 g/mol. The van der Waals surface area contributed by atoms with E-state index in [9.17, 15) is 0 Å². The second-order valence-electron chi connectivity index (χ2n) is 4.78. The number of rotatable bonds is 3. The molecule has 0 aromatic heterocycles. The molecule has 0 saturated carbocycles. The van der Waals surface area contributed by atoms with Crippen LogP contribution in [0.15, 0.2) is 59.6 Å². The predicted octanol–water partition coefficient (Wildman–Crippen LogP) is 3.06. The van der Waals surface area contributed by atoms with Gasteiger partial charge in [0.1, 0.15) is 6.61 Å². The van der Waals surface area contributed by atoms with E-state index in [1.54, 1.807) is 0 Å². The summed E-state index contributed by atoms with van der Waals surface area (Å²) < 4.78 is 5.72. The molecule has 1 heterocycles. The number of nitrogens with zero attached hydrogens (tertiary/aromatic N) is 1. The minimum absolute atomic E-state index is 0.165. The SMILES string of the molecule is C#Cc1ccccc1C1=N[C@@H](Cc2ccccc2)CO1. The lowest BCUT2D eigenvalue weighted by molar-refractivity contribution is 0.317. The average molecular weight is 261 g/mol. The van der Waals surface area contributed by atoms with Crippen LogP contribution in [-0.4, -0.2) is 18.5 Å². The van der Waals surface area contributed by atoms with Crippen LogP contribution in [0, 0.1) is 12.3 Å².